The molecule has 0 saturated carbocycles. The van der Waals surface area contributed by atoms with Gasteiger partial charge in [-0.3, -0.25) is 4.79 Å². The van der Waals surface area contributed by atoms with Crippen molar-refractivity contribution >= 4 is 29.1 Å². The third-order valence-electron chi connectivity index (χ3n) is 5.95. The highest BCUT2D eigenvalue weighted by atomic mass is 35.5. The Hall–Kier alpha value is -3.64. The van der Waals surface area contributed by atoms with Crippen LogP contribution in [-0.2, 0) is 0 Å². The number of nitrogens with zero attached hydrogens (tertiary/aromatic N) is 4. The molecule has 3 aromatic rings. The molecule has 1 amide bonds. The summed E-state index contributed by atoms with van der Waals surface area (Å²) in [5, 5.41) is 3.35. The molecule has 2 aromatic carbocycles. The van der Waals surface area contributed by atoms with Gasteiger partial charge in [0.25, 0.3) is 11.8 Å². The van der Waals surface area contributed by atoms with Crippen LogP contribution in [0, 0.1) is 18.3 Å². The van der Waals surface area contributed by atoms with Crippen LogP contribution in [0.2, 0.25) is 5.02 Å². The summed E-state index contributed by atoms with van der Waals surface area (Å²) in [6.07, 6.45) is 2.43. The molecule has 1 aliphatic rings. The summed E-state index contributed by atoms with van der Waals surface area (Å²) in [5.41, 5.74) is 1.26. The first-order chi connectivity index (χ1) is 16.7. The zero-order chi connectivity index (χ0) is 25.2. The summed E-state index contributed by atoms with van der Waals surface area (Å²) in [6, 6.07) is 9.41. The Labute approximate surface area is 205 Å². The van der Waals surface area contributed by atoms with Gasteiger partial charge in [0, 0.05) is 18.5 Å². The molecule has 1 saturated heterocycles. The van der Waals surface area contributed by atoms with E-state index in [0.29, 0.717) is 16.1 Å². The Kier molecular flexibility index (Phi) is 6.94. The lowest BCUT2D eigenvalue weighted by Crippen LogP contribution is -2.57. The van der Waals surface area contributed by atoms with Crippen molar-refractivity contribution in [2.45, 2.75) is 25.3 Å². The van der Waals surface area contributed by atoms with Gasteiger partial charge in [0.05, 0.1) is 36.6 Å². The third-order valence-corrected chi connectivity index (χ3v) is 6.14. The van der Waals surface area contributed by atoms with Crippen molar-refractivity contribution in [2.75, 3.05) is 18.4 Å². The van der Waals surface area contributed by atoms with Gasteiger partial charge in [0.2, 0.25) is 5.95 Å². The lowest BCUT2D eigenvalue weighted by atomic mass is 9.87. The highest BCUT2D eigenvalue weighted by molar-refractivity contribution is 6.30. The van der Waals surface area contributed by atoms with Crippen LogP contribution in [0.3, 0.4) is 0 Å². The monoisotopic (exact) mass is 499 g/mol. The zero-order valence-electron chi connectivity index (χ0n) is 18.7. The van der Waals surface area contributed by atoms with Crippen molar-refractivity contribution in [3.8, 4) is 11.1 Å². The number of carbonyl (C=O) groups is 1. The van der Waals surface area contributed by atoms with E-state index in [-0.39, 0.29) is 30.2 Å². The molecule has 1 N–H and O–H groups in total. The molecule has 180 valence electrons. The minimum absolute atomic E-state index is 0.0998. The summed E-state index contributed by atoms with van der Waals surface area (Å²) in [4.78, 5) is 26.4. The van der Waals surface area contributed by atoms with E-state index >= 15 is 0 Å². The maximum atomic E-state index is 14.6. The normalized spacial score (nSPS) is 19.1. The molecular weight excluding hydrogens is 479 g/mol. The standard InChI is InChI=1S/C25H21ClF3N5O/c1-15-10-25(28,29)14-34(22(15)13-33-24-31-11-17(26)12-32-24)23(35)21-9-19(30-2)7-8-20(21)16-3-5-18(27)6-4-16/h3-9,11-12,15,22H,10,13-14H2,1H3,(H,31,32,33)/t15-,22?/m1/s1. The first-order valence-electron chi connectivity index (χ1n) is 10.8. The molecule has 4 rings (SSSR count). The van der Waals surface area contributed by atoms with Crippen LogP contribution in [0.4, 0.5) is 24.8 Å². The third kappa shape index (κ3) is 5.54. The molecule has 6 nitrogen and oxygen atoms in total. The van der Waals surface area contributed by atoms with Gasteiger partial charge in [-0.25, -0.2) is 28.0 Å². The average Bonchev–Trinajstić information content (AvgIpc) is 2.83. The van der Waals surface area contributed by atoms with Crippen LogP contribution in [0.25, 0.3) is 16.0 Å². The van der Waals surface area contributed by atoms with Crippen molar-refractivity contribution in [3.63, 3.8) is 0 Å². The molecule has 1 fully saturated rings. The van der Waals surface area contributed by atoms with Gasteiger partial charge in [0.15, 0.2) is 5.69 Å². The molecular formula is C25H21ClF3N5O. The van der Waals surface area contributed by atoms with Gasteiger partial charge in [-0.05, 0) is 35.2 Å². The summed E-state index contributed by atoms with van der Waals surface area (Å²) < 4.78 is 42.7. The van der Waals surface area contributed by atoms with E-state index in [1.807, 2.05) is 0 Å². The van der Waals surface area contributed by atoms with Crippen LogP contribution in [0.15, 0.2) is 54.9 Å². The maximum absolute atomic E-state index is 14.6. The average molecular weight is 500 g/mol. The Bertz CT molecular complexity index is 1260. The molecule has 0 spiro atoms. The Morgan fingerprint density at radius 1 is 1.23 bits per heavy atom. The number of hydrogen-bond acceptors (Lipinski definition) is 4. The van der Waals surface area contributed by atoms with E-state index in [2.05, 4.69) is 20.1 Å². The van der Waals surface area contributed by atoms with Crippen molar-refractivity contribution in [1.29, 1.82) is 0 Å². The molecule has 1 aliphatic heterocycles. The smallest absolute Gasteiger partial charge is 0.265 e. The lowest BCUT2D eigenvalue weighted by Gasteiger charge is -2.43. The Morgan fingerprint density at radius 3 is 2.57 bits per heavy atom. The number of carbonyl (C=O) groups excluding carboxylic acids is 1. The van der Waals surface area contributed by atoms with Crippen molar-refractivity contribution in [2.24, 2.45) is 5.92 Å². The van der Waals surface area contributed by atoms with Crippen molar-refractivity contribution in [1.82, 2.24) is 14.9 Å². The van der Waals surface area contributed by atoms with Gasteiger partial charge >= 0.3 is 0 Å². The maximum Gasteiger partial charge on any atom is 0.265 e. The summed E-state index contributed by atoms with van der Waals surface area (Å²) in [5.74, 6) is -4.44. The fraction of sp³-hybridized carbons (Fsp3) is 0.280. The fourth-order valence-corrected chi connectivity index (χ4v) is 4.39. The molecule has 1 aromatic heterocycles. The van der Waals surface area contributed by atoms with Crippen LogP contribution in [-0.4, -0.2) is 45.8 Å². The van der Waals surface area contributed by atoms with E-state index in [9.17, 15) is 18.0 Å². The number of anilines is 1. The fourth-order valence-electron chi connectivity index (χ4n) is 4.29. The first-order valence-corrected chi connectivity index (χ1v) is 11.2. The molecule has 10 heteroatoms. The number of aromatic nitrogens is 2. The summed E-state index contributed by atoms with van der Waals surface area (Å²) in [7, 11) is 0. The van der Waals surface area contributed by atoms with E-state index in [1.54, 1.807) is 13.0 Å². The lowest BCUT2D eigenvalue weighted by molar-refractivity contribution is -0.0897. The summed E-state index contributed by atoms with van der Waals surface area (Å²) >= 11 is 5.82. The Morgan fingerprint density at radius 2 is 1.91 bits per heavy atom. The van der Waals surface area contributed by atoms with Gasteiger partial charge in [-0.2, -0.15) is 0 Å². The number of likely N-dealkylation sites (tertiary alicyclic amines) is 1. The predicted molar refractivity (Wildman–Crippen MR) is 127 cm³/mol. The summed E-state index contributed by atoms with van der Waals surface area (Å²) in [6.45, 7) is 8.37. The number of benzene rings is 2. The molecule has 2 heterocycles. The second-order valence-electron chi connectivity index (χ2n) is 8.49. The molecule has 1 unspecified atom stereocenters. The van der Waals surface area contributed by atoms with Crippen LogP contribution >= 0.6 is 11.6 Å². The first kappa shape index (κ1) is 24.5. The highest BCUT2D eigenvalue weighted by Crippen LogP contribution is 2.37. The van der Waals surface area contributed by atoms with Gasteiger partial charge in [-0.15, -0.1) is 0 Å². The number of amides is 1. The van der Waals surface area contributed by atoms with E-state index in [0.717, 1.165) is 4.90 Å². The minimum atomic E-state index is -3.07. The minimum Gasteiger partial charge on any atom is -0.352 e. The molecule has 0 aliphatic carbocycles. The number of rotatable bonds is 5. The second kappa shape index (κ2) is 9.92. The van der Waals surface area contributed by atoms with Gasteiger partial charge in [-0.1, -0.05) is 42.8 Å². The van der Waals surface area contributed by atoms with E-state index < -0.39 is 36.2 Å². The van der Waals surface area contributed by atoms with Crippen molar-refractivity contribution in [3.05, 3.63) is 82.7 Å². The quantitative estimate of drug-likeness (QED) is 0.432. The largest absolute Gasteiger partial charge is 0.352 e. The zero-order valence-corrected chi connectivity index (χ0v) is 19.4. The number of hydrogen-bond donors (Lipinski definition) is 1. The number of halogens is 4. The van der Waals surface area contributed by atoms with Crippen LogP contribution < -0.4 is 5.32 Å². The number of nitrogens with one attached hydrogen (secondary N) is 1. The number of alkyl halides is 2. The van der Waals surface area contributed by atoms with E-state index in [1.165, 1.54) is 48.8 Å². The number of piperidine rings is 1. The van der Waals surface area contributed by atoms with Crippen molar-refractivity contribution < 1.29 is 18.0 Å². The predicted octanol–water partition coefficient (Wildman–Crippen LogP) is 6.08. The van der Waals surface area contributed by atoms with Crippen LogP contribution in [0.5, 0.6) is 0 Å². The second-order valence-corrected chi connectivity index (χ2v) is 8.93. The van der Waals surface area contributed by atoms with Crippen LogP contribution in [0.1, 0.15) is 23.7 Å². The van der Waals surface area contributed by atoms with Gasteiger partial charge in [0.1, 0.15) is 5.82 Å². The highest BCUT2D eigenvalue weighted by Gasteiger charge is 2.46. The molecule has 2 atom stereocenters. The van der Waals surface area contributed by atoms with E-state index in [4.69, 9.17) is 18.2 Å². The molecule has 0 radical (unpaired) electrons. The SMILES string of the molecule is [C-]#[N+]c1ccc(-c2ccc(F)cc2)c(C(=O)N2CC(F)(F)C[C@@H](C)C2CNc2ncc(Cl)cn2)c1. The molecule has 0 bridgehead atoms. The Balaban J connectivity index is 1.70. The molecule has 35 heavy (non-hydrogen) atoms. The van der Waals surface area contributed by atoms with Gasteiger partial charge < -0.3 is 10.2 Å². The topological polar surface area (TPSA) is 62.5 Å².